The molecule has 5 heteroatoms. The minimum Gasteiger partial charge on any atom is -0.321 e. The van der Waals surface area contributed by atoms with E-state index >= 15 is 0 Å². The van der Waals surface area contributed by atoms with E-state index in [9.17, 15) is 4.79 Å². The van der Waals surface area contributed by atoms with E-state index in [0.29, 0.717) is 21.3 Å². The Hall–Kier alpha value is -1.03. The summed E-state index contributed by atoms with van der Waals surface area (Å²) >= 11 is 15.1. The lowest BCUT2D eigenvalue weighted by Crippen LogP contribution is -2.12. The fourth-order valence-electron chi connectivity index (χ4n) is 1.43. The standard InChI is InChI=1S/C13H8BrCl2NO/c14-10-3-1-2-4-12(10)17-13(18)9-6-5-8(15)7-11(9)16/h1-7H,(H,17,18). The highest BCUT2D eigenvalue weighted by Gasteiger charge is 2.11. The van der Waals surface area contributed by atoms with Crippen molar-refractivity contribution in [2.45, 2.75) is 0 Å². The Balaban J connectivity index is 2.25. The van der Waals surface area contributed by atoms with E-state index in [4.69, 9.17) is 23.2 Å². The summed E-state index contributed by atoms with van der Waals surface area (Å²) in [4.78, 5) is 12.0. The molecule has 0 aliphatic heterocycles. The molecule has 0 heterocycles. The van der Waals surface area contributed by atoms with Gasteiger partial charge in [0.05, 0.1) is 16.3 Å². The maximum atomic E-state index is 12.0. The molecular formula is C13H8BrCl2NO. The van der Waals surface area contributed by atoms with E-state index in [1.807, 2.05) is 18.2 Å². The third-order valence-electron chi connectivity index (χ3n) is 2.30. The van der Waals surface area contributed by atoms with Crippen molar-refractivity contribution in [1.82, 2.24) is 0 Å². The van der Waals surface area contributed by atoms with Gasteiger partial charge in [-0.2, -0.15) is 0 Å². The highest BCUT2D eigenvalue weighted by atomic mass is 79.9. The second-order valence-corrected chi connectivity index (χ2v) is 5.26. The Morgan fingerprint density at radius 2 is 1.83 bits per heavy atom. The van der Waals surface area contributed by atoms with Gasteiger partial charge in [0.1, 0.15) is 0 Å². The van der Waals surface area contributed by atoms with Crippen LogP contribution in [0.25, 0.3) is 0 Å². The van der Waals surface area contributed by atoms with Crippen LogP contribution in [0.15, 0.2) is 46.9 Å². The molecule has 2 aromatic carbocycles. The molecular weight excluding hydrogens is 337 g/mol. The van der Waals surface area contributed by atoms with Crippen molar-refractivity contribution in [1.29, 1.82) is 0 Å². The van der Waals surface area contributed by atoms with Crippen LogP contribution in [-0.4, -0.2) is 5.91 Å². The van der Waals surface area contributed by atoms with Gasteiger partial charge in [-0.1, -0.05) is 35.3 Å². The van der Waals surface area contributed by atoms with Crippen LogP contribution in [-0.2, 0) is 0 Å². The van der Waals surface area contributed by atoms with Crippen LogP contribution in [0.1, 0.15) is 10.4 Å². The SMILES string of the molecule is O=C(Nc1ccccc1Br)c1ccc(Cl)cc1Cl. The van der Waals surface area contributed by atoms with Gasteiger partial charge >= 0.3 is 0 Å². The van der Waals surface area contributed by atoms with Gasteiger partial charge < -0.3 is 5.32 Å². The van der Waals surface area contributed by atoms with E-state index in [0.717, 1.165) is 4.47 Å². The number of carbonyl (C=O) groups excluding carboxylic acids is 1. The van der Waals surface area contributed by atoms with E-state index in [-0.39, 0.29) is 5.91 Å². The summed E-state index contributed by atoms with van der Waals surface area (Å²) in [5.74, 6) is -0.274. The minimum absolute atomic E-state index is 0.274. The van der Waals surface area contributed by atoms with Crippen molar-refractivity contribution >= 4 is 50.7 Å². The third kappa shape index (κ3) is 3.05. The molecule has 0 saturated heterocycles. The van der Waals surface area contributed by atoms with Crippen molar-refractivity contribution < 1.29 is 4.79 Å². The van der Waals surface area contributed by atoms with Gasteiger partial charge in [-0.15, -0.1) is 0 Å². The van der Waals surface area contributed by atoms with Gasteiger partial charge in [0.15, 0.2) is 0 Å². The number of halogens is 3. The molecule has 0 aliphatic rings. The van der Waals surface area contributed by atoms with Gasteiger partial charge in [0.25, 0.3) is 5.91 Å². The molecule has 92 valence electrons. The lowest BCUT2D eigenvalue weighted by Gasteiger charge is -2.08. The summed E-state index contributed by atoms with van der Waals surface area (Å²) in [6, 6.07) is 12.1. The molecule has 1 amide bonds. The monoisotopic (exact) mass is 343 g/mol. The van der Waals surface area contributed by atoms with Crippen molar-refractivity contribution in [2.75, 3.05) is 5.32 Å². The largest absolute Gasteiger partial charge is 0.321 e. The zero-order valence-corrected chi connectivity index (χ0v) is 12.2. The van der Waals surface area contributed by atoms with Gasteiger partial charge in [0.2, 0.25) is 0 Å². The number of hydrogen-bond acceptors (Lipinski definition) is 1. The first-order valence-corrected chi connectivity index (χ1v) is 6.64. The summed E-state index contributed by atoms with van der Waals surface area (Å²) < 4.78 is 0.809. The molecule has 18 heavy (non-hydrogen) atoms. The molecule has 2 nitrogen and oxygen atoms in total. The number of para-hydroxylation sites is 1. The summed E-state index contributed by atoms with van der Waals surface area (Å²) in [5, 5.41) is 3.60. The molecule has 0 bridgehead atoms. The first-order valence-electron chi connectivity index (χ1n) is 5.09. The Morgan fingerprint density at radius 1 is 1.11 bits per heavy atom. The van der Waals surface area contributed by atoms with Crippen LogP contribution in [0.2, 0.25) is 10.0 Å². The molecule has 0 aliphatic carbocycles. The zero-order valence-electron chi connectivity index (χ0n) is 9.08. The third-order valence-corrected chi connectivity index (χ3v) is 3.54. The van der Waals surface area contributed by atoms with Crippen LogP contribution in [0, 0.1) is 0 Å². The molecule has 0 fully saturated rings. The predicted octanol–water partition coefficient (Wildman–Crippen LogP) is 5.01. The molecule has 1 N–H and O–H groups in total. The van der Waals surface area contributed by atoms with Crippen LogP contribution in [0.5, 0.6) is 0 Å². The normalized spacial score (nSPS) is 10.2. The second kappa shape index (κ2) is 5.74. The number of rotatable bonds is 2. The molecule has 0 unspecified atom stereocenters. The molecule has 0 atom stereocenters. The summed E-state index contributed by atoms with van der Waals surface area (Å²) in [6.45, 7) is 0. The van der Waals surface area contributed by atoms with Gasteiger partial charge in [-0.25, -0.2) is 0 Å². The van der Waals surface area contributed by atoms with Gasteiger partial charge in [-0.05, 0) is 46.3 Å². The number of hydrogen-bond donors (Lipinski definition) is 1. The lowest BCUT2D eigenvalue weighted by atomic mass is 10.2. The van der Waals surface area contributed by atoms with Crippen molar-refractivity contribution in [3.8, 4) is 0 Å². The highest BCUT2D eigenvalue weighted by molar-refractivity contribution is 9.10. The maximum absolute atomic E-state index is 12.0. The minimum atomic E-state index is -0.274. The van der Waals surface area contributed by atoms with Gasteiger partial charge in [-0.3, -0.25) is 4.79 Å². The zero-order chi connectivity index (χ0) is 13.1. The van der Waals surface area contributed by atoms with Crippen molar-refractivity contribution in [2.24, 2.45) is 0 Å². The molecule has 0 saturated carbocycles. The molecule has 0 radical (unpaired) electrons. The van der Waals surface area contributed by atoms with Crippen LogP contribution in [0.4, 0.5) is 5.69 Å². The first-order chi connectivity index (χ1) is 8.58. The Morgan fingerprint density at radius 3 is 2.50 bits per heavy atom. The highest BCUT2D eigenvalue weighted by Crippen LogP contribution is 2.25. The Kier molecular flexibility index (Phi) is 4.27. The van der Waals surface area contributed by atoms with Crippen LogP contribution < -0.4 is 5.32 Å². The van der Waals surface area contributed by atoms with Crippen LogP contribution >= 0.6 is 39.1 Å². The molecule has 0 aromatic heterocycles. The average molecular weight is 345 g/mol. The summed E-state index contributed by atoms with van der Waals surface area (Å²) in [7, 11) is 0. The lowest BCUT2D eigenvalue weighted by molar-refractivity contribution is 0.102. The fourth-order valence-corrected chi connectivity index (χ4v) is 2.30. The molecule has 2 rings (SSSR count). The van der Waals surface area contributed by atoms with Crippen molar-refractivity contribution in [3.63, 3.8) is 0 Å². The summed E-state index contributed by atoms with van der Waals surface area (Å²) in [6.07, 6.45) is 0. The first kappa shape index (κ1) is 13.4. The average Bonchev–Trinajstić information content (AvgIpc) is 2.32. The van der Waals surface area contributed by atoms with E-state index in [1.165, 1.54) is 6.07 Å². The smallest absolute Gasteiger partial charge is 0.257 e. The second-order valence-electron chi connectivity index (χ2n) is 3.56. The van der Waals surface area contributed by atoms with Crippen LogP contribution in [0.3, 0.4) is 0 Å². The van der Waals surface area contributed by atoms with E-state index in [2.05, 4.69) is 21.2 Å². The molecule has 2 aromatic rings. The number of anilines is 1. The molecule has 0 spiro atoms. The Labute approximate surface area is 123 Å². The van der Waals surface area contributed by atoms with Crippen molar-refractivity contribution in [3.05, 3.63) is 62.5 Å². The fraction of sp³-hybridized carbons (Fsp3) is 0. The number of amides is 1. The topological polar surface area (TPSA) is 29.1 Å². The predicted molar refractivity (Wildman–Crippen MR) is 78.6 cm³/mol. The maximum Gasteiger partial charge on any atom is 0.257 e. The van der Waals surface area contributed by atoms with E-state index in [1.54, 1.807) is 18.2 Å². The number of nitrogens with one attached hydrogen (secondary N) is 1. The Bertz CT molecular complexity index is 601. The quantitative estimate of drug-likeness (QED) is 0.815. The summed E-state index contributed by atoms with van der Waals surface area (Å²) in [5.41, 5.74) is 1.07. The number of benzene rings is 2. The number of carbonyl (C=O) groups is 1. The van der Waals surface area contributed by atoms with E-state index < -0.39 is 0 Å². The van der Waals surface area contributed by atoms with Gasteiger partial charge in [0, 0.05) is 9.50 Å².